The first kappa shape index (κ1) is 23.7. The van der Waals surface area contributed by atoms with Crippen molar-refractivity contribution in [2.45, 2.75) is 45.1 Å². The van der Waals surface area contributed by atoms with E-state index in [4.69, 9.17) is 19.4 Å². The van der Waals surface area contributed by atoms with Crippen molar-refractivity contribution in [2.24, 2.45) is 11.8 Å². The Morgan fingerprint density at radius 3 is 2.66 bits per heavy atom. The second-order valence-electron chi connectivity index (χ2n) is 8.23. The Morgan fingerprint density at radius 1 is 1.28 bits per heavy atom. The largest absolute Gasteiger partial charge is 0.488 e. The van der Waals surface area contributed by atoms with Crippen molar-refractivity contribution in [3.63, 3.8) is 0 Å². The number of fused-ring (bicyclic) bond motifs is 1. The molecule has 4 rings (SSSR count). The van der Waals surface area contributed by atoms with Gasteiger partial charge in [-0.25, -0.2) is 9.78 Å². The number of esters is 1. The number of carbonyl (C=O) groups excluding carboxylic acids is 1. The number of carbonyl (C=O) groups is 2. The van der Waals surface area contributed by atoms with Crippen molar-refractivity contribution in [1.29, 1.82) is 0 Å². The zero-order chi connectivity index (χ0) is 23.1. The van der Waals surface area contributed by atoms with Crippen LogP contribution in [0.25, 0.3) is 0 Å². The number of aromatic nitrogens is 2. The molecule has 9 heteroatoms. The molecular weight excluding hydrogens is 414 g/mol. The van der Waals surface area contributed by atoms with Gasteiger partial charge in [0.05, 0.1) is 30.8 Å². The second kappa shape index (κ2) is 11.1. The van der Waals surface area contributed by atoms with Gasteiger partial charge in [-0.1, -0.05) is 6.07 Å². The molecule has 174 valence electrons. The van der Waals surface area contributed by atoms with Gasteiger partial charge >= 0.3 is 5.97 Å². The lowest BCUT2D eigenvalue weighted by Crippen LogP contribution is -2.42. The van der Waals surface area contributed by atoms with E-state index in [1.807, 2.05) is 12.4 Å². The monoisotopic (exact) mass is 445 g/mol. The number of hydrogen-bond donors (Lipinski definition) is 2. The molecule has 1 saturated carbocycles. The molecule has 0 radical (unpaired) electrons. The second-order valence-corrected chi connectivity index (χ2v) is 8.23. The van der Waals surface area contributed by atoms with E-state index in [0.29, 0.717) is 23.1 Å². The van der Waals surface area contributed by atoms with Gasteiger partial charge in [-0.3, -0.25) is 9.69 Å². The topological polar surface area (TPSA) is 114 Å². The number of carboxylic acid groups (broad SMARTS) is 1. The molecular formula is C23H31N3O6. The van der Waals surface area contributed by atoms with Crippen LogP contribution in [-0.2, 0) is 22.6 Å². The maximum absolute atomic E-state index is 11.7. The fourth-order valence-electron chi connectivity index (χ4n) is 4.62. The standard InChI is InChI=1S/C22H29N3O4.CH2O2/c1-3-24-12-18(23-14-24)13-25-10-16-8-20(26)21(9-17(16)11-25)29-19-6-4-5-15(7-19)22(27)28-2;2-1-3/h4-7,12,14,16-17,20-21,26H,3,8-11,13H2,1-2H3;1H,(H,2,3)/t16-,17+,20+,21+;/m0./s1. The molecule has 0 amide bonds. The van der Waals surface area contributed by atoms with Crippen molar-refractivity contribution >= 4 is 12.4 Å². The van der Waals surface area contributed by atoms with Gasteiger partial charge in [0.1, 0.15) is 11.9 Å². The van der Waals surface area contributed by atoms with Crippen molar-refractivity contribution in [3.05, 3.63) is 48.0 Å². The van der Waals surface area contributed by atoms with E-state index in [1.54, 1.807) is 18.2 Å². The lowest BCUT2D eigenvalue weighted by molar-refractivity contribution is -0.122. The van der Waals surface area contributed by atoms with E-state index in [2.05, 4.69) is 27.6 Å². The molecule has 0 spiro atoms. The number of nitrogens with zero attached hydrogens (tertiary/aromatic N) is 3. The summed E-state index contributed by atoms with van der Waals surface area (Å²) in [5, 5.41) is 17.6. The fourth-order valence-corrected chi connectivity index (χ4v) is 4.62. The normalized spacial score (nSPS) is 24.7. The molecule has 1 aliphatic heterocycles. The van der Waals surface area contributed by atoms with Crippen molar-refractivity contribution < 1.29 is 29.3 Å². The van der Waals surface area contributed by atoms with Crippen LogP contribution in [-0.4, -0.2) is 69.5 Å². The average Bonchev–Trinajstić information content (AvgIpc) is 3.40. The molecule has 2 heterocycles. The fraction of sp³-hybridized carbons (Fsp3) is 0.522. The molecule has 1 aromatic heterocycles. The Labute approximate surface area is 187 Å². The number of aliphatic hydroxyl groups is 1. The lowest BCUT2D eigenvalue weighted by atomic mass is 9.78. The highest BCUT2D eigenvalue weighted by Crippen LogP contribution is 2.38. The Balaban J connectivity index is 0.000000913. The van der Waals surface area contributed by atoms with Crippen molar-refractivity contribution in [2.75, 3.05) is 20.2 Å². The zero-order valence-corrected chi connectivity index (χ0v) is 18.5. The summed E-state index contributed by atoms with van der Waals surface area (Å²) in [5.41, 5.74) is 1.55. The van der Waals surface area contributed by atoms with Crippen LogP contribution in [0.1, 0.15) is 35.8 Å². The molecule has 2 N–H and O–H groups in total. The van der Waals surface area contributed by atoms with Crippen LogP contribution in [0.4, 0.5) is 0 Å². The molecule has 1 saturated heterocycles. The van der Waals surface area contributed by atoms with Gasteiger partial charge in [0, 0.05) is 32.4 Å². The summed E-state index contributed by atoms with van der Waals surface area (Å²) in [7, 11) is 1.36. The number of aryl methyl sites for hydroxylation is 1. The predicted molar refractivity (Wildman–Crippen MR) is 116 cm³/mol. The molecule has 2 aliphatic rings. The Hall–Kier alpha value is -2.91. The van der Waals surface area contributed by atoms with Gasteiger partial charge in [-0.2, -0.15) is 0 Å². The summed E-state index contributed by atoms with van der Waals surface area (Å²) < 4.78 is 13.0. The van der Waals surface area contributed by atoms with Gasteiger partial charge in [0.2, 0.25) is 0 Å². The van der Waals surface area contributed by atoms with Crippen LogP contribution < -0.4 is 4.74 Å². The molecule has 1 aromatic carbocycles. The van der Waals surface area contributed by atoms with Crippen molar-refractivity contribution in [3.8, 4) is 5.75 Å². The highest BCUT2D eigenvalue weighted by Gasteiger charge is 2.42. The van der Waals surface area contributed by atoms with Crippen LogP contribution in [0, 0.1) is 11.8 Å². The first-order valence-electron chi connectivity index (χ1n) is 10.8. The third kappa shape index (κ3) is 5.86. The van der Waals surface area contributed by atoms with Crippen molar-refractivity contribution in [1.82, 2.24) is 14.5 Å². The lowest BCUT2D eigenvalue weighted by Gasteiger charge is -2.35. The SMILES string of the molecule is CCn1cnc(CN2C[C@H]3C[C@@H](Oc4cccc(C(=O)OC)c4)[C@H](O)C[C@H]3C2)c1.O=CO. The Kier molecular flexibility index (Phi) is 8.24. The highest BCUT2D eigenvalue weighted by molar-refractivity contribution is 5.89. The van der Waals surface area contributed by atoms with Crippen LogP contribution in [0.2, 0.25) is 0 Å². The summed E-state index contributed by atoms with van der Waals surface area (Å²) in [6.07, 6.45) is 4.78. The number of likely N-dealkylation sites (tertiary alicyclic amines) is 1. The minimum atomic E-state index is -0.503. The number of benzene rings is 1. The van der Waals surface area contributed by atoms with Gasteiger partial charge in [0.25, 0.3) is 6.47 Å². The van der Waals surface area contributed by atoms with E-state index in [-0.39, 0.29) is 12.6 Å². The van der Waals surface area contributed by atoms with E-state index < -0.39 is 12.1 Å². The molecule has 0 bridgehead atoms. The minimum Gasteiger partial charge on any atom is -0.488 e. The van der Waals surface area contributed by atoms with Crippen LogP contribution in [0.5, 0.6) is 5.75 Å². The maximum Gasteiger partial charge on any atom is 0.337 e. The third-order valence-electron chi connectivity index (χ3n) is 6.14. The van der Waals surface area contributed by atoms with Gasteiger partial charge < -0.3 is 24.3 Å². The first-order chi connectivity index (χ1) is 15.5. The quantitative estimate of drug-likeness (QED) is 0.513. The third-order valence-corrected chi connectivity index (χ3v) is 6.14. The van der Waals surface area contributed by atoms with Gasteiger partial charge in [-0.15, -0.1) is 0 Å². The average molecular weight is 446 g/mol. The maximum atomic E-state index is 11.7. The smallest absolute Gasteiger partial charge is 0.337 e. The van der Waals surface area contributed by atoms with Gasteiger partial charge in [0.15, 0.2) is 0 Å². The predicted octanol–water partition coefficient (Wildman–Crippen LogP) is 2.04. The Morgan fingerprint density at radius 2 is 2.00 bits per heavy atom. The van der Waals surface area contributed by atoms with E-state index in [1.165, 1.54) is 7.11 Å². The van der Waals surface area contributed by atoms with Crippen LogP contribution in [0.15, 0.2) is 36.8 Å². The first-order valence-corrected chi connectivity index (χ1v) is 10.8. The summed E-state index contributed by atoms with van der Waals surface area (Å²) in [5.74, 6) is 1.19. The number of methoxy groups -OCH3 is 1. The van der Waals surface area contributed by atoms with Gasteiger partial charge in [-0.05, 0) is 49.8 Å². The van der Waals surface area contributed by atoms with E-state index in [9.17, 15) is 9.90 Å². The molecule has 9 nitrogen and oxygen atoms in total. The van der Waals surface area contributed by atoms with E-state index >= 15 is 0 Å². The van der Waals surface area contributed by atoms with Crippen LogP contribution >= 0.6 is 0 Å². The molecule has 32 heavy (non-hydrogen) atoms. The molecule has 1 aliphatic carbocycles. The molecule has 2 fully saturated rings. The molecule has 2 aromatic rings. The summed E-state index contributed by atoms with van der Waals surface area (Å²) >= 11 is 0. The summed E-state index contributed by atoms with van der Waals surface area (Å²) in [6, 6.07) is 6.96. The molecule has 4 atom stereocenters. The minimum absolute atomic E-state index is 0.250. The molecule has 0 unspecified atom stereocenters. The van der Waals surface area contributed by atoms with E-state index in [0.717, 1.165) is 44.7 Å². The number of rotatable bonds is 6. The summed E-state index contributed by atoms with van der Waals surface area (Å²) in [6.45, 7) is 5.63. The highest BCUT2D eigenvalue weighted by atomic mass is 16.5. The Bertz CT molecular complexity index is 901. The summed E-state index contributed by atoms with van der Waals surface area (Å²) in [4.78, 5) is 27.0. The zero-order valence-electron chi connectivity index (χ0n) is 18.5. The number of imidazole rings is 1. The number of ether oxygens (including phenoxy) is 2. The number of hydrogen-bond acceptors (Lipinski definition) is 7. The number of aliphatic hydroxyl groups excluding tert-OH is 1. The van der Waals surface area contributed by atoms with Crippen LogP contribution in [0.3, 0.4) is 0 Å².